The molecule has 0 aliphatic carbocycles. The second kappa shape index (κ2) is 19.9. The Morgan fingerprint density at radius 3 is 2.43 bits per heavy atom. The van der Waals surface area contributed by atoms with Gasteiger partial charge in [0.15, 0.2) is 0 Å². The molecule has 0 saturated heterocycles. The number of hydrogen-bond donors (Lipinski definition) is 6. The van der Waals surface area contributed by atoms with Crippen LogP contribution in [0.4, 0.5) is 0 Å². The number of carboxylic acids is 1. The minimum absolute atomic E-state index is 0.144. The summed E-state index contributed by atoms with van der Waals surface area (Å²) in [5.74, 6) is -0.598. The van der Waals surface area contributed by atoms with Crippen LogP contribution in [0.3, 0.4) is 0 Å². The van der Waals surface area contributed by atoms with Gasteiger partial charge in [0, 0.05) is 12.5 Å². The smallest absolute Gasteiger partial charge is 0.303 e. The van der Waals surface area contributed by atoms with Crippen LogP contribution in [0.5, 0.6) is 5.75 Å². The summed E-state index contributed by atoms with van der Waals surface area (Å²) in [5, 5.41) is 52.6. The summed E-state index contributed by atoms with van der Waals surface area (Å²) in [6.07, 6.45) is 11.1. The molecule has 6 N–H and O–H groups in total. The number of carboxylic acid groups (broad SMARTS) is 1. The summed E-state index contributed by atoms with van der Waals surface area (Å²) in [7, 11) is 0. The van der Waals surface area contributed by atoms with Crippen molar-refractivity contribution in [2.75, 3.05) is 13.2 Å². The fourth-order valence-corrected chi connectivity index (χ4v) is 4.52. The zero-order valence-corrected chi connectivity index (χ0v) is 22.7. The lowest BCUT2D eigenvalue weighted by Gasteiger charge is -2.19. The molecule has 3 unspecified atom stereocenters. The highest BCUT2D eigenvalue weighted by molar-refractivity contribution is 5.66. The average molecular weight is 520 g/mol. The van der Waals surface area contributed by atoms with Crippen molar-refractivity contribution < 1.29 is 30.3 Å². The normalized spacial score (nSPS) is 14.9. The number of unbranched alkanes of at least 4 members (excludes halogenated alkanes) is 3. The van der Waals surface area contributed by atoms with Gasteiger partial charge in [0.25, 0.3) is 0 Å². The van der Waals surface area contributed by atoms with Gasteiger partial charge < -0.3 is 30.8 Å². The number of carbonyl (C=O) groups is 1. The van der Waals surface area contributed by atoms with Crippen LogP contribution in [0, 0.1) is 0 Å². The molecule has 0 aromatic heterocycles. The summed E-state index contributed by atoms with van der Waals surface area (Å²) in [6.45, 7) is 4.60. The number of phenols is 1. The highest BCUT2D eigenvalue weighted by Gasteiger charge is 2.14. The van der Waals surface area contributed by atoms with Crippen molar-refractivity contribution in [3.05, 3.63) is 53.1 Å². The first-order chi connectivity index (χ1) is 17.8. The number of rotatable bonds is 21. The Hall–Kier alpha value is -2.19. The molecule has 7 heteroatoms. The Bertz CT molecular complexity index is 822. The van der Waals surface area contributed by atoms with Gasteiger partial charge in [-0.15, -0.1) is 0 Å². The molecule has 0 aliphatic heterocycles. The van der Waals surface area contributed by atoms with Crippen molar-refractivity contribution in [1.82, 2.24) is 5.32 Å². The average Bonchev–Trinajstić information content (AvgIpc) is 2.86. The second-order valence-corrected chi connectivity index (χ2v) is 9.87. The van der Waals surface area contributed by atoms with E-state index in [4.69, 9.17) is 5.11 Å². The third kappa shape index (κ3) is 15.6. The van der Waals surface area contributed by atoms with E-state index in [1.165, 1.54) is 0 Å². The fourth-order valence-electron chi connectivity index (χ4n) is 4.52. The van der Waals surface area contributed by atoms with Crippen molar-refractivity contribution in [2.45, 2.75) is 109 Å². The third-order valence-corrected chi connectivity index (χ3v) is 6.56. The van der Waals surface area contributed by atoms with E-state index in [9.17, 15) is 25.2 Å². The van der Waals surface area contributed by atoms with Gasteiger partial charge in [-0.25, -0.2) is 0 Å². The summed E-state index contributed by atoms with van der Waals surface area (Å²) >= 11 is 0. The topological polar surface area (TPSA) is 130 Å². The van der Waals surface area contributed by atoms with Crippen molar-refractivity contribution in [1.29, 1.82) is 0 Å². The first kappa shape index (κ1) is 32.8. The Morgan fingerprint density at radius 2 is 1.78 bits per heavy atom. The molecule has 3 atom stereocenters. The Morgan fingerprint density at radius 1 is 1.03 bits per heavy atom. The lowest BCUT2D eigenvalue weighted by molar-refractivity contribution is -0.137. The lowest BCUT2D eigenvalue weighted by atomic mass is 9.91. The van der Waals surface area contributed by atoms with Crippen LogP contribution in [0.1, 0.15) is 90.0 Å². The molecule has 210 valence electrons. The van der Waals surface area contributed by atoms with Crippen LogP contribution in [0.15, 0.2) is 47.6 Å². The monoisotopic (exact) mass is 519 g/mol. The standard InChI is InChI=1S/C30H49NO6/c1-3-5-6-13-27(33)17-15-25(19-23-10-9-14-28(34)20-23)24(21-29(35)22-32)11-7-8-12-26(31-4-2)16-18-30(36)37/h9-10,14-15,17,20,26-27,29,31-35H,3-8,11-13,16,18-19,21-22H2,1-2H3,(H,36,37). The van der Waals surface area contributed by atoms with Gasteiger partial charge in [0.2, 0.25) is 0 Å². The number of nitrogens with one attached hydrogen (secondary N) is 1. The van der Waals surface area contributed by atoms with Gasteiger partial charge in [-0.2, -0.15) is 0 Å². The Balaban J connectivity index is 3.06. The van der Waals surface area contributed by atoms with Crippen molar-refractivity contribution in [2.24, 2.45) is 0 Å². The molecule has 1 aromatic rings. The highest BCUT2D eigenvalue weighted by Crippen LogP contribution is 2.25. The molecule has 0 bridgehead atoms. The number of aliphatic carboxylic acids is 1. The molecule has 1 rings (SSSR count). The number of aliphatic hydroxyl groups excluding tert-OH is 3. The van der Waals surface area contributed by atoms with Gasteiger partial charge >= 0.3 is 5.97 Å². The van der Waals surface area contributed by atoms with Crippen LogP contribution >= 0.6 is 0 Å². The van der Waals surface area contributed by atoms with Crippen molar-refractivity contribution in [3.8, 4) is 5.75 Å². The molecule has 0 aliphatic rings. The second-order valence-electron chi connectivity index (χ2n) is 9.87. The van der Waals surface area contributed by atoms with Crippen LogP contribution in [0.25, 0.3) is 0 Å². The minimum Gasteiger partial charge on any atom is -0.508 e. The number of aliphatic hydroxyl groups is 3. The van der Waals surface area contributed by atoms with Crippen LogP contribution in [-0.2, 0) is 11.2 Å². The van der Waals surface area contributed by atoms with E-state index in [-0.39, 0.29) is 24.8 Å². The SMILES string of the molecule is CCCCCC(O)C=CC(Cc1cccc(O)c1)=C(CCCCC(CCC(=O)O)NCC)CC(O)CO. The number of benzene rings is 1. The zero-order valence-electron chi connectivity index (χ0n) is 22.7. The van der Waals surface area contributed by atoms with Gasteiger partial charge in [-0.3, -0.25) is 4.79 Å². The van der Waals surface area contributed by atoms with E-state index in [0.29, 0.717) is 25.7 Å². The van der Waals surface area contributed by atoms with Crippen molar-refractivity contribution >= 4 is 5.97 Å². The van der Waals surface area contributed by atoms with E-state index in [2.05, 4.69) is 12.2 Å². The van der Waals surface area contributed by atoms with Gasteiger partial charge in [0.05, 0.1) is 18.8 Å². The van der Waals surface area contributed by atoms with Crippen molar-refractivity contribution in [3.63, 3.8) is 0 Å². The maximum Gasteiger partial charge on any atom is 0.303 e. The van der Waals surface area contributed by atoms with Crippen LogP contribution < -0.4 is 5.32 Å². The van der Waals surface area contributed by atoms with Gasteiger partial charge in [0.1, 0.15) is 5.75 Å². The summed E-state index contributed by atoms with van der Waals surface area (Å²) in [5.41, 5.74) is 2.92. The molecule has 0 saturated carbocycles. The highest BCUT2D eigenvalue weighted by atomic mass is 16.4. The number of hydrogen-bond acceptors (Lipinski definition) is 6. The molecule has 0 amide bonds. The van der Waals surface area contributed by atoms with E-state index in [1.807, 2.05) is 25.1 Å². The molecule has 7 nitrogen and oxygen atoms in total. The Kier molecular flexibility index (Phi) is 17.6. The molecule has 0 fully saturated rings. The first-order valence-corrected chi connectivity index (χ1v) is 13.9. The lowest BCUT2D eigenvalue weighted by Crippen LogP contribution is -2.29. The van der Waals surface area contributed by atoms with Crippen LogP contribution in [-0.4, -0.2) is 62.9 Å². The zero-order chi connectivity index (χ0) is 27.5. The quantitative estimate of drug-likeness (QED) is 0.101. The van der Waals surface area contributed by atoms with Crippen LogP contribution in [0.2, 0.25) is 0 Å². The van der Waals surface area contributed by atoms with Gasteiger partial charge in [-0.1, -0.05) is 69.4 Å². The minimum atomic E-state index is -0.873. The van der Waals surface area contributed by atoms with Gasteiger partial charge in [-0.05, 0) is 74.8 Å². The third-order valence-electron chi connectivity index (χ3n) is 6.56. The molecular weight excluding hydrogens is 470 g/mol. The largest absolute Gasteiger partial charge is 0.508 e. The summed E-state index contributed by atoms with van der Waals surface area (Å²) in [6, 6.07) is 7.23. The maximum atomic E-state index is 11.0. The molecule has 1 aromatic carbocycles. The fraction of sp³-hybridized carbons (Fsp3) is 0.633. The Labute approximate surface area is 222 Å². The predicted octanol–water partition coefficient (Wildman–Crippen LogP) is 4.88. The van der Waals surface area contributed by atoms with E-state index >= 15 is 0 Å². The molecular formula is C30H49NO6. The van der Waals surface area contributed by atoms with E-state index in [1.54, 1.807) is 18.2 Å². The number of phenolic OH excluding ortho intramolecular Hbond substituents is 1. The number of allylic oxidation sites excluding steroid dienone is 2. The summed E-state index contributed by atoms with van der Waals surface area (Å²) in [4.78, 5) is 11.0. The molecule has 37 heavy (non-hydrogen) atoms. The number of aromatic hydroxyl groups is 1. The summed E-state index contributed by atoms with van der Waals surface area (Å²) < 4.78 is 0. The van der Waals surface area contributed by atoms with E-state index < -0.39 is 18.2 Å². The molecule has 0 heterocycles. The molecule has 0 spiro atoms. The molecule has 0 radical (unpaired) electrons. The first-order valence-electron chi connectivity index (χ1n) is 13.9. The predicted molar refractivity (Wildman–Crippen MR) is 149 cm³/mol. The van der Waals surface area contributed by atoms with E-state index in [0.717, 1.165) is 68.2 Å². The maximum absolute atomic E-state index is 11.0.